The van der Waals surface area contributed by atoms with Crippen LogP contribution in [0.15, 0.2) is 34.9 Å². The van der Waals surface area contributed by atoms with E-state index in [2.05, 4.69) is 9.47 Å². The Balaban J connectivity index is 3.35. The Morgan fingerprint density at radius 1 is 1.24 bits per heavy atom. The first-order valence-electron chi connectivity index (χ1n) is 7.96. The average Bonchev–Trinajstić information content (AvgIpc) is 2.54. The molecule has 0 heterocycles. The highest BCUT2D eigenvalue weighted by atomic mass is 16.5. The zero-order chi connectivity index (χ0) is 19.4. The molecular weight excluding hydrogens is 324 g/mol. The van der Waals surface area contributed by atoms with Crippen LogP contribution in [0.3, 0.4) is 0 Å². The van der Waals surface area contributed by atoms with Crippen LogP contribution in [-0.4, -0.2) is 42.6 Å². The number of Topliss-reactive ketones (excluding diaryl/α,β-unsaturated/α-hetero) is 1. The molecule has 0 amide bonds. The maximum absolute atomic E-state index is 12.4. The molecule has 0 saturated carbocycles. The van der Waals surface area contributed by atoms with Crippen LogP contribution in [0.5, 0.6) is 0 Å². The number of aliphatic hydroxyl groups is 1. The van der Waals surface area contributed by atoms with Crippen LogP contribution in [0.25, 0.3) is 0 Å². The number of ether oxygens (including phenoxy) is 2. The van der Waals surface area contributed by atoms with E-state index in [-0.39, 0.29) is 24.2 Å². The number of methoxy groups -OCH3 is 2. The molecule has 0 aliphatic heterocycles. The number of ketones is 1. The summed E-state index contributed by atoms with van der Waals surface area (Å²) in [5.41, 5.74) is -0.921. The molecule has 0 aromatic rings. The molecule has 1 rings (SSSR count). The molecule has 0 fully saturated rings. The van der Waals surface area contributed by atoms with Crippen LogP contribution in [0.2, 0.25) is 0 Å². The number of carbonyl (C=O) groups is 3. The minimum absolute atomic E-state index is 0.0945. The first-order valence-corrected chi connectivity index (χ1v) is 7.96. The van der Waals surface area contributed by atoms with E-state index in [0.29, 0.717) is 11.1 Å². The number of hydrogen-bond acceptors (Lipinski definition) is 6. The van der Waals surface area contributed by atoms with Crippen LogP contribution < -0.4 is 0 Å². The quantitative estimate of drug-likeness (QED) is 0.465. The molecule has 1 aliphatic carbocycles. The Kier molecular flexibility index (Phi) is 6.48. The van der Waals surface area contributed by atoms with Gasteiger partial charge in [-0.25, -0.2) is 4.79 Å². The molecule has 0 spiro atoms. The first-order chi connectivity index (χ1) is 11.5. The molecule has 0 saturated heterocycles. The summed E-state index contributed by atoms with van der Waals surface area (Å²) in [5, 5.41) is 11.3. The predicted octanol–water partition coefficient (Wildman–Crippen LogP) is 2.27. The van der Waals surface area contributed by atoms with Crippen molar-refractivity contribution < 1.29 is 29.0 Å². The summed E-state index contributed by atoms with van der Waals surface area (Å²) in [4.78, 5) is 35.3. The molecule has 0 unspecified atom stereocenters. The van der Waals surface area contributed by atoms with Gasteiger partial charge in [0.1, 0.15) is 5.60 Å². The van der Waals surface area contributed by atoms with Crippen molar-refractivity contribution in [3.05, 3.63) is 34.9 Å². The number of allylic oxidation sites excluding steroid dienone is 2. The fourth-order valence-corrected chi connectivity index (χ4v) is 2.93. The number of carbonyl (C=O) groups excluding carboxylic acids is 3. The second kappa shape index (κ2) is 7.78. The first kappa shape index (κ1) is 20.8. The summed E-state index contributed by atoms with van der Waals surface area (Å²) in [7, 11) is 2.54. The van der Waals surface area contributed by atoms with E-state index in [1.807, 2.05) is 0 Å². The van der Waals surface area contributed by atoms with Crippen molar-refractivity contribution in [2.45, 2.75) is 46.1 Å². The lowest BCUT2D eigenvalue weighted by atomic mass is 9.62. The number of rotatable bonds is 5. The van der Waals surface area contributed by atoms with E-state index in [9.17, 15) is 19.5 Å². The molecule has 1 atom stereocenters. The van der Waals surface area contributed by atoms with E-state index in [1.165, 1.54) is 20.3 Å². The van der Waals surface area contributed by atoms with Crippen LogP contribution in [0.1, 0.15) is 40.5 Å². The number of hydrogen-bond donors (Lipinski definition) is 1. The van der Waals surface area contributed by atoms with Gasteiger partial charge in [-0.2, -0.15) is 0 Å². The number of esters is 2. The van der Waals surface area contributed by atoms with Gasteiger partial charge in [-0.1, -0.05) is 19.9 Å². The Bertz CT molecular complexity index is 665. The Morgan fingerprint density at radius 2 is 1.84 bits per heavy atom. The van der Waals surface area contributed by atoms with Crippen LogP contribution in [0, 0.1) is 5.41 Å². The molecule has 0 aromatic carbocycles. The summed E-state index contributed by atoms with van der Waals surface area (Å²) in [5.74, 6) is -1.20. The normalized spacial score (nSPS) is 23.8. The van der Waals surface area contributed by atoms with Gasteiger partial charge in [0.15, 0.2) is 5.78 Å². The van der Waals surface area contributed by atoms with Gasteiger partial charge in [-0.3, -0.25) is 9.59 Å². The van der Waals surface area contributed by atoms with Crippen molar-refractivity contribution >= 4 is 17.7 Å². The Labute approximate surface area is 148 Å². The maximum atomic E-state index is 12.4. The van der Waals surface area contributed by atoms with E-state index in [0.717, 1.165) is 0 Å². The lowest BCUT2D eigenvalue weighted by molar-refractivity contribution is -0.141. The topological polar surface area (TPSA) is 89.9 Å². The molecular formula is C19H26O6. The summed E-state index contributed by atoms with van der Waals surface area (Å²) in [6.45, 7) is 6.91. The monoisotopic (exact) mass is 350 g/mol. The highest BCUT2D eigenvalue weighted by Gasteiger charge is 2.49. The van der Waals surface area contributed by atoms with Crippen molar-refractivity contribution in [1.29, 1.82) is 0 Å². The molecule has 0 aromatic heterocycles. The maximum Gasteiger partial charge on any atom is 0.330 e. The smallest absolute Gasteiger partial charge is 0.330 e. The zero-order valence-corrected chi connectivity index (χ0v) is 15.6. The summed E-state index contributed by atoms with van der Waals surface area (Å²) >= 11 is 0. The molecule has 138 valence electrons. The van der Waals surface area contributed by atoms with Gasteiger partial charge in [-0.15, -0.1) is 0 Å². The molecule has 0 bridgehead atoms. The summed E-state index contributed by atoms with van der Waals surface area (Å²) in [6.07, 6.45) is 4.38. The molecule has 1 N–H and O–H groups in total. The van der Waals surface area contributed by atoms with Crippen molar-refractivity contribution in [1.82, 2.24) is 0 Å². The van der Waals surface area contributed by atoms with E-state index in [4.69, 9.17) is 0 Å². The van der Waals surface area contributed by atoms with Crippen LogP contribution >= 0.6 is 0 Å². The zero-order valence-electron chi connectivity index (χ0n) is 15.6. The highest BCUT2D eigenvalue weighted by molar-refractivity contribution is 6.01. The lowest BCUT2D eigenvalue weighted by Gasteiger charge is -2.45. The minimum Gasteiger partial charge on any atom is -0.469 e. The van der Waals surface area contributed by atoms with E-state index in [1.54, 1.807) is 39.8 Å². The second-order valence-electron chi connectivity index (χ2n) is 6.85. The van der Waals surface area contributed by atoms with E-state index >= 15 is 0 Å². The third-order valence-corrected chi connectivity index (χ3v) is 4.68. The largest absolute Gasteiger partial charge is 0.469 e. The van der Waals surface area contributed by atoms with Gasteiger partial charge < -0.3 is 14.6 Å². The third kappa shape index (κ3) is 4.45. The second-order valence-corrected chi connectivity index (χ2v) is 6.85. The van der Waals surface area contributed by atoms with Gasteiger partial charge >= 0.3 is 11.9 Å². The molecule has 25 heavy (non-hydrogen) atoms. The minimum atomic E-state index is -1.44. The lowest BCUT2D eigenvalue weighted by Crippen LogP contribution is -2.49. The fraction of sp³-hybridized carbons (Fsp3) is 0.526. The van der Waals surface area contributed by atoms with Crippen LogP contribution in [-0.2, 0) is 23.9 Å². The SMILES string of the molecule is COC(=O)/C=C(C)\C=C\[C@@]1(O)C(C)=C(CC(=O)OC)C(=O)CC1(C)C. The molecule has 6 nitrogen and oxygen atoms in total. The van der Waals surface area contributed by atoms with Crippen molar-refractivity contribution in [2.75, 3.05) is 14.2 Å². The van der Waals surface area contributed by atoms with Crippen molar-refractivity contribution in [3.63, 3.8) is 0 Å². The highest BCUT2D eigenvalue weighted by Crippen LogP contribution is 2.47. The Hall–Kier alpha value is -2.21. The predicted molar refractivity (Wildman–Crippen MR) is 92.6 cm³/mol. The van der Waals surface area contributed by atoms with Crippen LogP contribution in [0.4, 0.5) is 0 Å². The molecule has 1 aliphatic rings. The van der Waals surface area contributed by atoms with Gasteiger partial charge in [0.05, 0.1) is 20.6 Å². The fourth-order valence-electron chi connectivity index (χ4n) is 2.93. The molecule has 6 heteroatoms. The average molecular weight is 350 g/mol. The van der Waals surface area contributed by atoms with Gasteiger partial charge in [0.2, 0.25) is 0 Å². The summed E-state index contributed by atoms with van der Waals surface area (Å²) in [6, 6.07) is 0. The van der Waals surface area contributed by atoms with E-state index < -0.39 is 23.0 Å². The van der Waals surface area contributed by atoms with Gasteiger partial charge in [0, 0.05) is 23.5 Å². The van der Waals surface area contributed by atoms with Gasteiger partial charge in [0.25, 0.3) is 0 Å². The molecule has 0 radical (unpaired) electrons. The standard InChI is InChI=1S/C19H26O6/c1-12(9-16(21)24-5)7-8-19(23)13(2)14(10-17(22)25-6)15(20)11-18(19,3)4/h7-9,23H,10-11H2,1-6H3/b8-7+,12-9-/t19-/m1/s1. The summed E-state index contributed by atoms with van der Waals surface area (Å²) < 4.78 is 9.21. The third-order valence-electron chi connectivity index (χ3n) is 4.68. The Morgan fingerprint density at radius 3 is 2.36 bits per heavy atom. The van der Waals surface area contributed by atoms with Crippen molar-refractivity contribution in [2.24, 2.45) is 5.41 Å². The van der Waals surface area contributed by atoms with Gasteiger partial charge in [-0.05, 0) is 31.1 Å². The van der Waals surface area contributed by atoms with Crippen molar-refractivity contribution in [3.8, 4) is 0 Å².